The molecule has 0 aromatic heterocycles. The first-order valence-corrected chi connectivity index (χ1v) is 7.47. The van der Waals surface area contributed by atoms with Crippen molar-refractivity contribution in [3.8, 4) is 0 Å². The van der Waals surface area contributed by atoms with Crippen LogP contribution in [0.25, 0.3) is 0 Å². The molecule has 2 amide bonds. The van der Waals surface area contributed by atoms with Gasteiger partial charge in [-0.3, -0.25) is 4.90 Å². The predicted molar refractivity (Wildman–Crippen MR) is 77.1 cm³/mol. The fourth-order valence-corrected chi connectivity index (χ4v) is 2.86. The fourth-order valence-electron chi connectivity index (χ4n) is 2.86. The van der Waals surface area contributed by atoms with E-state index in [1.165, 1.54) is 0 Å². The number of piperazine rings is 1. The van der Waals surface area contributed by atoms with Crippen molar-refractivity contribution in [2.75, 3.05) is 32.7 Å². The number of amides is 2. The van der Waals surface area contributed by atoms with Crippen molar-refractivity contribution in [2.45, 2.75) is 44.2 Å². The summed E-state index contributed by atoms with van der Waals surface area (Å²) in [6.07, 6.45) is 1.85. The SMILES string of the molecule is CC(C)(O)CN1CCN(C(=O)NC2(C(=O)O)CCC2)CC1. The molecule has 3 N–H and O–H groups in total. The minimum Gasteiger partial charge on any atom is -0.480 e. The van der Waals surface area contributed by atoms with Gasteiger partial charge in [0.15, 0.2) is 0 Å². The second kappa shape index (κ2) is 5.81. The molecule has 2 aliphatic rings. The van der Waals surface area contributed by atoms with Crippen molar-refractivity contribution in [1.82, 2.24) is 15.1 Å². The van der Waals surface area contributed by atoms with Crippen LogP contribution in [-0.4, -0.2) is 75.9 Å². The van der Waals surface area contributed by atoms with Crippen LogP contribution in [0.3, 0.4) is 0 Å². The Morgan fingerprint density at radius 3 is 2.14 bits per heavy atom. The van der Waals surface area contributed by atoms with Gasteiger partial charge in [0.25, 0.3) is 0 Å². The maximum atomic E-state index is 12.2. The van der Waals surface area contributed by atoms with Crippen molar-refractivity contribution >= 4 is 12.0 Å². The number of carboxylic acid groups (broad SMARTS) is 1. The summed E-state index contributed by atoms with van der Waals surface area (Å²) in [5.41, 5.74) is -1.80. The average molecular weight is 299 g/mol. The number of carboxylic acids is 1. The molecule has 0 atom stereocenters. The number of nitrogens with one attached hydrogen (secondary N) is 1. The monoisotopic (exact) mass is 299 g/mol. The van der Waals surface area contributed by atoms with E-state index in [4.69, 9.17) is 0 Å². The Bertz CT molecular complexity index is 407. The fraction of sp³-hybridized carbons (Fsp3) is 0.857. The molecule has 2 rings (SSSR count). The van der Waals surface area contributed by atoms with E-state index in [0.717, 1.165) is 6.42 Å². The number of rotatable bonds is 4. The number of carbonyl (C=O) groups is 2. The van der Waals surface area contributed by atoms with Crippen LogP contribution in [0.5, 0.6) is 0 Å². The maximum absolute atomic E-state index is 12.2. The van der Waals surface area contributed by atoms with Crippen LogP contribution >= 0.6 is 0 Å². The molecule has 1 heterocycles. The van der Waals surface area contributed by atoms with Crippen LogP contribution in [0.1, 0.15) is 33.1 Å². The first-order chi connectivity index (χ1) is 9.72. The topological polar surface area (TPSA) is 93.1 Å². The Morgan fingerprint density at radius 2 is 1.76 bits per heavy atom. The zero-order valence-electron chi connectivity index (χ0n) is 12.8. The molecule has 0 unspecified atom stereocenters. The summed E-state index contributed by atoms with van der Waals surface area (Å²) in [7, 11) is 0. The lowest BCUT2D eigenvalue weighted by Crippen LogP contribution is -2.63. The van der Waals surface area contributed by atoms with E-state index >= 15 is 0 Å². The Hall–Kier alpha value is -1.34. The number of hydrogen-bond donors (Lipinski definition) is 3. The van der Waals surface area contributed by atoms with Gasteiger partial charge >= 0.3 is 12.0 Å². The molecule has 1 saturated heterocycles. The predicted octanol–water partition coefficient (Wildman–Crippen LogP) is 0.0918. The first-order valence-electron chi connectivity index (χ1n) is 7.47. The van der Waals surface area contributed by atoms with Gasteiger partial charge in [-0.2, -0.15) is 0 Å². The van der Waals surface area contributed by atoms with Crippen LogP contribution in [-0.2, 0) is 4.79 Å². The number of nitrogens with zero attached hydrogens (tertiary/aromatic N) is 2. The quantitative estimate of drug-likeness (QED) is 0.684. The van der Waals surface area contributed by atoms with Gasteiger partial charge in [-0.25, -0.2) is 9.59 Å². The molecule has 7 nitrogen and oxygen atoms in total. The van der Waals surface area contributed by atoms with Gasteiger partial charge in [0, 0.05) is 32.7 Å². The minimum absolute atomic E-state index is 0.292. The van der Waals surface area contributed by atoms with Crippen molar-refractivity contribution in [3.63, 3.8) is 0 Å². The van der Waals surface area contributed by atoms with Crippen LogP contribution in [0, 0.1) is 0 Å². The molecule has 1 aliphatic heterocycles. The van der Waals surface area contributed by atoms with Crippen molar-refractivity contribution in [3.05, 3.63) is 0 Å². The number of carbonyl (C=O) groups excluding carboxylic acids is 1. The second-order valence-corrected chi connectivity index (χ2v) is 6.75. The highest BCUT2D eigenvalue weighted by atomic mass is 16.4. The summed E-state index contributed by atoms with van der Waals surface area (Å²) >= 11 is 0. The summed E-state index contributed by atoms with van der Waals surface area (Å²) in [6, 6.07) is -0.292. The lowest BCUT2D eigenvalue weighted by Gasteiger charge is -2.42. The number of urea groups is 1. The largest absolute Gasteiger partial charge is 0.480 e. The van der Waals surface area contributed by atoms with Gasteiger partial charge in [-0.15, -0.1) is 0 Å². The van der Waals surface area contributed by atoms with E-state index in [9.17, 15) is 19.8 Å². The lowest BCUT2D eigenvalue weighted by molar-refractivity contribution is -0.148. The van der Waals surface area contributed by atoms with Crippen LogP contribution in [0.15, 0.2) is 0 Å². The highest BCUT2D eigenvalue weighted by molar-refractivity contribution is 5.87. The molecule has 0 spiro atoms. The molecule has 1 aliphatic carbocycles. The van der Waals surface area contributed by atoms with Crippen molar-refractivity contribution in [2.24, 2.45) is 0 Å². The van der Waals surface area contributed by atoms with Gasteiger partial charge in [0.2, 0.25) is 0 Å². The highest BCUT2D eigenvalue weighted by Gasteiger charge is 2.46. The molecule has 0 aromatic rings. The van der Waals surface area contributed by atoms with Crippen molar-refractivity contribution < 1.29 is 19.8 Å². The summed E-state index contributed by atoms with van der Waals surface area (Å²) < 4.78 is 0. The highest BCUT2D eigenvalue weighted by Crippen LogP contribution is 2.32. The zero-order valence-corrected chi connectivity index (χ0v) is 12.8. The summed E-state index contributed by atoms with van der Waals surface area (Å²) in [4.78, 5) is 27.2. The number of aliphatic carboxylic acids is 1. The van der Waals surface area contributed by atoms with Gasteiger partial charge in [-0.1, -0.05) is 0 Å². The normalized spacial score (nSPS) is 22.5. The summed E-state index contributed by atoms with van der Waals surface area (Å²) in [5, 5.41) is 21.7. The van der Waals surface area contributed by atoms with E-state index in [-0.39, 0.29) is 6.03 Å². The van der Waals surface area contributed by atoms with Crippen LogP contribution < -0.4 is 5.32 Å². The van der Waals surface area contributed by atoms with Crippen molar-refractivity contribution in [1.29, 1.82) is 0 Å². The molecule has 0 aromatic carbocycles. The molecular weight excluding hydrogens is 274 g/mol. The van der Waals surface area contributed by atoms with Gasteiger partial charge in [0.05, 0.1) is 5.60 Å². The molecule has 1 saturated carbocycles. The minimum atomic E-state index is -1.05. The zero-order chi connectivity index (χ0) is 15.7. The third-order valence-electron chi connectivity index (χ3n) is 4.23. The van der Waals surface area contributed by atoms with E-state index in [1.54, 1.807) is 18.7 Å². The van der Waals surface area contributed by atoms with Gasteiger partial charge in [0.1, 0.15) is 5.54 Å². The summed E-state index contributed by atoms with van der Waals surface area (Å²) in [6.45, 7) is 6.59. The smallest absolute Gasteiger partial charge is 0.329 e. The van der Waals surface area contributed by atoms with Gasteiger partial charge < -0.3 is 20.4 Å². The molecule has 7 heteroatoms. The lowest BCUT2D eigenvalue weighted by atomic mass is 9.77. The van der Waals surface area contributed by atoms with Crippen LogP contribution in [0.2, 0.25) is 0 Å². The maximum Gasteiger partial charge on any atom is 0.329 e. The van der Waals surface area contributed by atoms with Gasteiger partial charge in [-0.05, 0) is 33.1 Å². The Kier molecular flexibility index (Phi) is 4.43. The second-order valence-electron chi connectivity index (χ2n) is 6.75. The Balaban J connectivity index is 1.82. The standard InChI is InChI=1S/C14H25N3O4/c1-13(2,21)10-16-6-8-17(9-7-16)12(20)15-14(11(18)19)4-3-5-14/h21H,3-10H2,1-2H3,(H,15,20)(H,18,19). The molecule has 2 fully saturated rings. The number of β-amino-alcohol motifs (C(OH)–C–C–N with tert-alkyl or cyclic N) is 1. The number of aliphatic hydroxyl groups is 1. The van der Waals surface area contributed by atoms with E-state index < -0.39 is 17.1 Å². The molecule has 0 bridgehead atoms. The summed E-state index contributed by atoms with van der Waals surface area (Å²) in [5.74, 6) is -0.942. The van der Waals surface area contributed by atoms with E-state index in [0.29, 0.717) is 45.6 Å². The Morgan fingerprint density at radius 1 is 1.19 bits per heavy atom. The Labute approximate surface area is 124 Å². The van der Waals surface area contributed by atoms with Crippen LogP contribution in [0.4, 0.5) is 4.79 Å². The molecule has 21 heavy (non-hydrogen) atoms. The third-order valence-corrected chi connectivity index (χ3v) is 4.23. The third kappa shape index (κ3) is 3.85. The average Bonchev–Trinajstić information content (AvgIpc) is 2.32. The molecule has 120 valence electrons. The molecule has 0 radical (unpaired) electrons. The number of hydrogen-bond acceptors (Lipinski definition) is 4. The van der Waals surface area contributed by atoms with E-state index in [1.807, 2.05) is 0 Å². The molecular formula is C14H25N3O4. The first kappa shape index (κ1) is 16.0. The van der Waals surface area contributed by atoms with E-state index in [2.05, 4.69) is 10.2 Å².